The zero-order valence-electron chi connectivity index (χ0n) is 35.5. The van der Waals surface area contributed by atoms with Gasteiger partial charge in [-0.1, -0.05) is 224 Å². The molecule has 0 atom stereocenters. The number of para-hydroxylation sites is 2. The molecule has 1 aliphatic rings. The van der Waals surface area contributed by atoms with Crippen LogP contribution in [-0.2, 0) is 5.41 Å². The lowest BCUT2D eigenvalue weighted by molar-refractivity contribution is 0.670. The first-order chi connectivity index (χ1) is 32.3. The fourth-order valence-corrected chi connectivity index (χ4v) is 11.1. The van der Waals surface area contributed by atoms with Crippen LogP contribution in [0.5, 0.6) is 0 Å². The monoisotopic (exact) mass is 827 g/mol. The molecule has 0 saturated carbocycles. The molecule has 2 nitrogen and oxygen atoms in total. The molecule has 0 N–H and O–H groups in total. The Morgan fingerprint density at radius 2 is 0.862 bits per heavy atom. The Labute approximate surface area is 377 Å². The maximum absolute atomic E-state index is 6.68. The first-order valence-corrected chi connectivity index (χ1v) is 22.4. The molecule has 0 fully saturated rings. The molecule has 0 unspecified atom stereocenters. The third kappa shape index (κ3) is 5.54. The van der Waals surface area contributed by atoms with Gasteiger partial charge in [-0.2, -0.15) is 0 Å². The summed E-state index contributed by atoms with van der Waals surface area (Å²) in [5, 5.41) is 7.06. The van der Waals surface area contributed by atoms with E-state index in [1.54, 1.807) is 0 Å². The van der Waals surface area contributed by atoms with Gasteiger partial charge in [0.15, 0.2) is 0 Å². The van der Waals surface area contributed by atoms with Crippen molar-refractivity contribution >= 4 is 60.5 Å². The first kappa shape index (κ1) is 37.1. The van der Waals surface area contributed by atoms with Crippen LogP contribution in [-0.4, -0.2) is 0 Å². The summed E-state index contributed by atoms with van der Waals surface area (Å²) in [4.78, 5) is 2.57. The zero-order chi connectivity index (χ0) is 42.9. The highest BCUT2D eigenvalue weighted by molar-refractivity contribution is 6.23. The lowest BCUT2D eigenvalue weighted by Gasteiger charge is -2.35. The van der Waals surface area contributed by atoms with Crippen LogP contribution < -0.4 is 4.90 Å². The Bertz CT molecular complexity index is 3730. The van der Waals surface area contributed by atoms with Gasteiger partial charge in [0, 0.05) is 38.5 Å². The molecule has 1 aromatic heterocycles. The van der Waals surface area contributed by atoms with Gasteiger partial charge in [0.25, 0.3) is 0 Å². The Kier molecular flexibility index (Phi) is 8.47. The van der Waals surface area contributed by atoms with Crippen LogP contribution in [0.15, 0.2) is 253 Å². The van der Waals surface area contributed by atoms with Crippen LogP contribution >= 0.6 is 0 Å². The van der Waals surface area contributed by atoms with Crippen molar-refractivity contribution in [3.63, 3.8) is 0 Å². The molecule has 2 heteroatoms. The molecule has 0 radical (unpaired) electrons. The number of rotatable bonds is 7. The molecule has 0 bridgehead atoms. The maximum Gasteiger partial charge on any atom is 0.143 e. The van der Waals surface area contributed by atoms with E-state index < -0.39 is 5.41 Å². The van der Waals surface area contributed by atoms with E-state index in [1.165, 1.54) is 60.5 Å². The van der Waals surface area contributed by atoms with E-state index in [2.05, 4.69) is 248 Å². The maximum atomic E-state index is 6.68. The van der Waals surface area contributed by atoms with Gasteiger partial charge in [-0.05, 0) is 79.4 Å². The molecule has 0 aliphatic heterocycles. The topological polar surface area (TPSA) is 16.4 Å². The molecule has 1 aliphatic carbocycles. The van der Waals surface area contributed by atoms with Gasteiger partial charge in [-0.15, -0.1) is 0 Å². The summed E-state index contributed by atoms with van der Waals surface area (Å²) in [5.41, 5.74) is 16.5. The molecule has 11 aromatic carbocycles. The lowest BCUT2D eigenvalue weighted by Crippen LogP contribution is -2.28. The van der Waals surface area contributed by atoms with Crippen molar-refractivity contribution in [3.8, 4) is 33.4 Å². The average Bonchev–Trinajstić information content (AvgIpc) is 3.92. The van der Waals surface area contributed by atoms with E-state index in [9.17, 15) is 0 Å². The molecule has 13 rings (SSSR count). The highest BCUT2D eigenvalue weighted by atomic mass is 16.3. The minimum atomic E-state index is -0.567. The summed E-state index contributed by atoms with van der Waals surface area (Å²) in [5.74, 6) is 0. The van der Waals surface area contributed by atoms with Crippen molar-refractivity contribution in [2.24, 2.45) is 0 Å². The predicted octanol–water partition coefficient (Wildman–Crippen LogP) is 17.1. The summed E-state index contributed by atoms with van der Waals surface area (Å²) >= 11 is 0. The van der Waals surface area contributed by atoms with Crippen LogP contribution in [0.3, 0.4) is 0 Å². The van der Waals surface area contributed by atoms with Crippen molar-refractivity contribution < 1.29 is 4.42 Å². The van der Waals surface area contributed by atoms with Crippen LogP contribution in [0.2, 0.25) is 0 Å². The van der Waals surface area contributed by atoms with Crippen LogP contribution in [0.4, 0.5) is 17.1 Å². The molecular weight excluding hydrogens is 787 g/mol. The SMILES string of the molecule is c1ccc(-c2c(N(c3cccc(-c4cccc5c4oc4ccccc45)c3)c3cccc4c3-c3ccccc3C4(c3ccccc3)c3ccccc3)c3ccccc3c3ccccc23)cc1. The molecule has 65 heavy (non-hydrogen) atoms. The second-order valence-corrected chi connectivity index (χ2v) is 17.1. The third-order valence-corrected chi connectivity index (χ3v) is 13.7. The number of hydrogen-bond donors (Lipinski definition) is 0. The number of hydrogen-bond acceptors (Lipinski definition) is 2. The second-order valence-electron chi connectivity index (χ2n) is 17.1. The second kappa shape index (κ2) is 14.8. The minimum absolute atomic E-state index is 0.567. The van der Waals surface area contributed by atoms with Gasteiger partial charge in [0.2, 0.25) is 0 Å². The van der Waals surface area contributed by atoms with E-state index in [1.807, 2.05) is 6.07 Å². The highest BCUT2D eigenvalue weighted by Crippen LogP contribution is 2.61. The zero-order valence-corrected chi connectivity index (χ0v) is 35.5. The van der Waals surface area contributed by atoms with Gasteiger partial charge >= 0.3 is 0 Å². The number of fused-ring (bicyclic) bond motifs is 9. The number of nitrogens with zero attached hydrogens (tertiary/aromatic N) is 1. The van der Waals surface area contributed by atoms with Crippen molar-refractivity contribution in [3.05, 3.63) is 271 Å². The van der Waals surface area contributed by atoms with E-state index in [0.717, 1.165) is 55.7 Å². The van der Waals surface area contributed by atoms with E-state index in [4.69, 9.17) is 4.42 Å². The van der Waals surface area contributed by atoms with Gasteiger partial charge < -0.3 is 9.32 Å². The fourth-order valence-electron chi connectivity index (χ4n) is 11.1. The van der Waals surface area contributed by atoms with E-state index >= 15 is 0 Å². The molecule has 304 valence electrons. The first-order valence-electron chi connectivity index (χ1n) is 22.4. The van der Waals surface area contributed by atoms with Crippen molar-refractivity contribution in [1.82, 2.24) is 0 Å². The Hall–Kier alpha value is -8.46. The third-order valence-electron chi connectivity index (χ3n) is 13.7. The van der Waals surface area contributed by atoms with Crippen LogP contribution in [0.25, 0.3) is 76.9 Å². The highest BCUT2D eigenvalue weighted by Gasteiger charge is 2.47. The van der Waals surface area contributed by atoms with Gasteiger partial charge in [-0.25, -0.2) is 0 Å². The summed E-state index contributed by atoms with van der Waals surface area (Å²) in [6.45, 7) is 0. The summed E-state index contributed by atoms with van der Waals surface area (Å²) in [6.07, 6.45) is 0. The molecule has 0 spiro atoms. The largest absolute Gasteiger partial charge is 0.455 e. The molecule has 0 amide bonds. The van der Waals surface area contributed by atoms with Gasteiger partial charge in [0.1, 0.15) is 11.2 Å². The standard InChI is InChI=1S/C63H41NO/c1-4-21-42(22-5-1)59-51-32-12-10-29-48(51)49-30-11-13-33-52(49)61(59)64(46-28-18-23-43(41-46)47-35-19-36-53-50-31-15-17-40-58(50)65-62(47)53)57-39-20-38-56-60(57)54-34-14-16-37-55(54)63(56,44-24-6-2-7-25-44)45-26-8-3-9-27-45/h1-41H. The predicted molar refractivity (Wildman–Crippen MR) is 272 cm³/mol. The van der Waals surface area contributed by atoms with Crippen LogP contribution in [0.1, 0.15) is 22.3 Å². The van der Waals surface area contributed by atoms with Crippen LogP contribution in [0, 0.1) is 0 Å². The Balaban J connectivity index is 1.18. The quantitative estimate of drug-likeness (QED) is 0.149. The number of furan rings is 1. The Morgan fingerprint density at radius 3 is 1.62 bits per heavy atom. The molecule has 12 aromatic rings. The van der Waals surface area contributed by atoms with Gasteiger partial charge in [0.05, 0.1) is 16.8 Å². The summed E-state index contributed by atoms with van der Waals surface area (Å²) in [7, 11) is 0. The number of benzene rings is 11. The van der Waals surface area contributed by atoms with Crippen molar-refractivity contribution in [2.45, 2.75) is 5.41 Å². The van der Waals surface area contributed by atoms with E-state index in [0.29, 0.717) is 0 Å². The molecule has 0 saturated heterocycles. The van der Waals surface area contributed by atoms with E-state index in [-0.39, 0.29) is 0 Å². The van der Waals surface area contributed by atoms with Crippen molar-refractivity contribution in [1.29, 1.82) is 0 Å². The summed E-state index contributed by atoms with van der Waals surface area (Å²) in [6, 6.07) is 91.0. The molecular formula is C63H41NO. The minimum Gasteiger partial charge on any atom is -0.455 e. The average molecular weight is 828 g/mol. The summed E-state index contributed by atoms with van der Waals surface area (Å²) < 4.78 is 6.68. The number of anilines is 3. The smallest absolute Gasteiger partial charge is 0.143 e. The molecule has 1 heterocycles. The van der Waals surface area contributed by atoms with Gasteiger partial charge in [-0.3, -0.25) is 0 Å². The van der Waals surface area contributed by atoms with Crippen molar-refractivity contribution in [2.75, 3.05) is 4.90 Å². The normalized spacial score (nSPS) is 12.7. The Morgan fingerprint density at radius 1 is 0.338 bits per heavy atom. The fraction of sp³-hybridized carbons (Fsp3) is 0.0159. The lowest BCUT2D eigenvalue weighted by atomic mass is 9.68.